The molecule has 0 spiro atoms. The highest BCUT2D eigenvalue weighted by atomic mass is 16.2. The summed E-state index contributed by atoms with van der Waals surface area (Å²) in [5, 5.41) is 8.55. The zero-order chi connectivity index (χ0) is 11.8. The summed E-state index contributed by atoms with van der Waals surface area (Å²) in [4.78, 5) is 13.9. The molecule has 84 valence electrons. The van der Waals surface area contributed by atoms with Crippen LogP contribution in [0.2, 0.25) is 0 Å². The van der Waals surface area contributed by atoms with E-state index < -0.39 is 0 Å². The van der Waals surface area contributed by atoms with Crippen LogP contribution in [0.4, 0.5) is 10.5 Å². The first-order valence-corrected chi connectivity index (χ1v) is 4.85. The van der Waals surface area contributed by atoms with E-state index in [0.717, 1.165) is 11.3 Å². The van der Waals surface area contributed by atoms with E-state index in [1.54, 1.807) is 6.07 Å². The summed E-state index contributed by atoms with van der Waals surface area (Å²) in [5.74, 6) is 0. The zero-order valence-electron chi connectivity index (χ0n) is 8.97. The first kappa shape index (κ1) is 11.9. The van der Waals surface area contributed by atoms with Gasteiger partial charge in [0.05, 0.1) is 0 Å². The molecule has 0 heterocycles. The maximum atomic E-state index is 11.3. The molecule has 0 unspecified atom stereocenters. The van der Waals surface area contributed by atoms with Gasteiger partial charge in [0.2, 0.25) is 0 Å². The Labute approximate surface area is 93.3 Å². The largest absolute Gasteiger partial charge is 0.338 e. The first-order chi connectivity index (χ1) is 7.72. The Balaban J connectivity index is 2.36. The van der Waals surface area contributed by atoms with Crippen LogP contribution in [0.1, 0.15) is 5.56 Å². The van der Waals surface area contributed by atoms with Gasteiger partial charge < -0.3 is 10.6 Å². The Bertz CT molecular complexity index is 411. The van der Waals surface area contributed by atoms with Crippen molar-refractivity contribution < 1.29 is 4.79 Å². The second-order valence-corrected chi connectivity index (χ2v) is 3.20. The Kier molecular flexibility index (Phi) is 4.69. The molecular formula is C10H13N5O. The lowest BCUT2D eigenvalue weighted by Gasteiger charge is -2.06. The summed E-state index contributed by atoms with van der Waals surface area (Å²) in [6, 6.07) is 7.18. The summed E-state index contributed by atoms with van der Waals surface area (Å²) >= 11 is 0. The monoisotopic (exact) mass is 219 g/mol. The maximum absolute atomic E-state index is 11.3. The summed E-state index contributed by atoms with van der Waals surface area (Å²) in [5.41, 5.74) is 9.84. The molecule has 6 heteroatoms. The highest BCUT2D eigenvalue weighted by Crippen LogP contribution is 2.08. The van der Waals surface area contributed by atoms with Crippen molar-refractivity contribution in [1.82, 2.24) is 5.32 Å². The SMILES string of the molecule is Cc1cccc(NC(=O)NCCN=[N+]=[N-])c1. The van der Waals surface area contributed by atoms with Crippen LogP contribution in [0, 0.1) is 6.92 Å². The molecule has 0 aliphatic rings. The minimum atomic E-state index is -0.307. The van der Waals surface area contributed by atoms with E-state index in [4.69, 9.17) is 5.53 Å². The molecule has 1 aromatic rings. The van der Waals surface area contributed by atoms with Gasteiger partial charge in [-0.05, 0) is 30.2 Å². The van der Waals surface area contributed by atoms with Gasteiger partial charge in [0.1, 0.15) is 0 Å². The van der Waals surface area contributed by atoms with Crippen LogP contribution in [0.3, 0.4) is 0 Å². The van der Waals surface area contributed by atoms with E-state index in [1.807, 2.05) is 25.1 Å². The molecular weight excluding hydrogens is 206 g/mol. The number of aryl methyl sites for hydroxylation is 1. The fourth-order valence-electron chi connectivity index (χ4n) is 1.16. The normalized spacial score (nSPS) is 9.06. The molecule has 0 bridgehead atoms. The number of azide groups is 1. The molecule has 1 rings (SSSR count). The number of hydrogen-bond donors (Lipinski definition) is 2. The van der Waals surface area contributed by atoms with Crippen molar-refractivity contribution in [3.63, 3.8) is 0 Å². The Morgan fingerprint density at radius 3 is 3.06 bits per heavy atom. The molecule has 0 saturated carbocycles. The van der Waals surface area contributed by atoms with Crippen LogP contribution in [-0.2, 0) is 0 Å². The number of amides is 2. The number of carbonyl (C=O) groups excluding carboxylic acids is 1. The third-order valence-electron chi connectivity index (χ3n) is 1.84. The quantitative estimate of drug-likeness (QED) is 0.346. The molecule has 16 heavy (non-hydrogen) atoms. The number of anilines is 1. The van der Waals surface area contributed by atoms with Gasteiger partial charge in [-0.1, -0.05) is 17.2 Å². The number of carbonyl (C=O) groups is 1. The van der Waals surface area contributed by atoms with Gasteiger partial charge in [-0.2, -0.15) is 0 Å². The van der Waals surface area contributed by atoms with Crippen LogP contribution in [0.15, 0.2) is 29.4 Å². The average molecular weight is 219 g/mol. The van der Waals surface area contributed by atoms with Crippen molar-refractivity contribution in [2.75, 3.05) is 18.4 Å². The topological polar surface area (TPSA) is 89.9 Å². The number of benzene rings is 1. The highest BCUT2D eigenvalue weighted by Gasteiger charge is 1.99. The lowest BCUT2D eigenvalue weighted by molar-refractivity contribution is 0.252. The van der Waals surface area contributed by atoms with E-state index >= 15 is 0 Å². The van der Waals surface area contributed by atoms with E-state index in [2.05, 4.69) is 20.7 Å². The van der Waals surface area contributed by atoms with Gasteiger partial charge in [0, 0.05) is 23.7 Å². The highest BCUT2D eigenvalue weighted by molar-refractivity contribution is 5.89. The molecule has 0 fully saturated rings. The van der Waals surface area contributed by atoms with E-state index in [0.29, 0.717) is 6.54 Å². The van der Waals surface area contributed by atoms with Crippen molar-refractivity contribution in [2.45, 2.75) is 6.92 Å². The van der Waals surface area contributed by atoms with E-state index in [9.17, 15) is 4.79 Å². The molecule has 0 aliphatic carbocycles. The molecule has 2 amide bonds. The molecule has 2 N–H and O–H groups in total. The second kappa shape index (κ2) is 6.31. The van der Waals surface area contributed by atoms with Crippen molar-refractivity contribution >= 4 is 11.7 Å². The lowest BCUT2D eigenvalue weighted by Crippen LogP contribution is -2.30. The Morgan fingerprint density at radius 1 is 1.56 bits per heavy atom. The third-order valence-corrected chi connectivity index (χ3v) is 1.84. The van der Waals surface area contributed by atoms with Crippen molar-refractivity contribution in [2.24, 2.45) is 5.11 Å². The zero-order valence-corrected chi connectivity index (χ0v) is 8.97. The number of nitrogens with zero attached hydrogens (tertiary/aromatic N) is 3. The molecule has 0 atom stereocenters. The van der Waals surface area contributed by atoms with Crippen LogP contribution in [0.5, 0.6) is 0 Å². The minimum absolute atomic E-state index is 0.248. The number of nitrogens with one attached hydrogen (secondary N) is 2. The average Bonchev–Trinajstić information content (AvgIpc) is 2.24. The van der Waals surface area contributed by atoms with Crippen molar-refractivity contribution in [3.05, 3.63) is 40.3 Å². The van der Waals surface area contributed by atoms with Crippen molar-refractivity contribution in [3.8, 4) is 0 Å². The summed E-state index contributed by atoms with van der Waals surface area (Å²) < 4.78 is 0. The Hall–Kier alpha value is -2.20. The van der Waals surface area contributed by atoms with Gasteiger partial charge >= 0.3 is 6.03 Å². The molecule has 0 saturated heterocycles. The van der Waals surface area contributed by atoms with Gasteiger partial charge in [-0.3, -0.25) is 0 Å². The Morgan fingerprint density at radius 2 is 2.38 bits per heavy atom. The van der Waals surface area contributed by atoms with Gasteiger partial charge in [0.25, 0.3) is 0 Å². The smallest absolute Gasteiger partial charge is 0.319 e. The third kappa shape index (κ3) is 4.34. The van der Waals surface area contributed by atoms with Crippen LogP contribution >= 0.6 is 0 Å². The van der Waals surface area contributed by atoms with E-state index in [1.165, 1.54) is 0 Å². The van der Waals surface area contributed by atoms with Crippen LogP contribution in [-0.4, -0.2) is 19.1 Å². The van der Waals surface area contributed by atoms with Gasteiger partial charge in [0.15, 0.2) is 0 Å². The molecule has 0 radical (unpaired) electrons. The number of hydrogen-bond acceptors (Lipinski definition) is 2. The fraction of sp³-hybridized carbons (Fsp3) is 0.300. The van der Waals surface area contributed by atoms with Gasteiger partial charge in [-0.25, -0.2) is 4.79 Å². The predicted molar refractivity (Wildman–Crippen MR) is 62.2 cm³/mol. The number of rotatable bonds is 4. The lowest BCUT2D eigenvalue weighted by atomic mass is 10.2. The minimum Gasteiger partial charge on any atom is -0.338 e. The first-order valence-electron chi connectivity index (χ1n) is 4.85. The number of urea groups is 1. The fourth-order valence-corrected chi connectivity index (χ4v) is 1.16. The van der Waals surface area contributed by atoms with E-state index in [-0.39, 0.29) is 12.6 Å². The summed E-state index contributed by atoms with van der Waals surface area (Å²) in [6.45, 7) is 2.52. The molecule has 1 aromatic carbocycles. The standard InChI is InChI=1S/C10H13N5O/c1-8-3-2-4-9(7-8)14-10(16)12-5-6-13-15-11/h2-4,7H,5-6H2,1H3,(H2,12,14,16). The maximum Gasteiger partial charge on any atom is 0.319 e. The molecule has 0 aromatic heterocycles. The predicted octanol–water partition coefficient (Wildman–Crippen LogP) is 2.43. The van der Waals surface area contributed by atoms with Gasteiger partial charge in [-0.15, -0.1) is 0 Å². The van der Waals surface area contributed by atoms with Crippen molar-refractivity contribution in [1.29, 1.82) is 0 Å². The molecule has 6 nitrogen and oxygen atoms in total. The second-order valence-electron chi connectivity index (χ2n) is 3.20. The summed E-state index contributed by atoms with van der Waals surface area (Å²) in [6.07, 6.45) is 0. The summed E-state index contributed by atoms with van der Waals surface area (Å²) in [7, 11) is 0. The molecule has 0 aliphatic heterocycles. The van der Waals surface area contributed by atoms with Crippen LogP contribution in [0.25, 0.3) is 10.4 Å². The van der Waals surface area contributed by atoms with Crippen LogP contribution < -0.4 is 10.6 Å².